The number of hydrogen-bond acceptors (Lipinski definition) is 4. The molecule has 0 radical (unpaired) electrons. The Bertz CT molecular complexity index is 604. The molecule has 0 aliphatic rings. The number of halogens is 3. The third-order valence-electron chi connectivity index (χ3n) is 2.16. The average Bonchev–Trinajstić information content (AvgIpc) is 2.68. The Hall–Kier alpha value is -1.21. The fraction of sp³-hybridized carbons (Fsp3) is 0.182. The molecular formula is C11H8F3NOS2. The lowest BCUT2D eigenvalue weighted by atomic mass is 10.3. The van der Waals surface area contributed by atoms with Gasteiger partial charge in [-0.05, 0) is 24.5 Å². The Labute approximate surface area is 109 Å². The predicted molar refractivity (Wildman–Crippen MR) is 68.1 cm³/mol. The van der Waals surface area contributed by atoms with Crippen LogP contribution < -0.4 is 0 Å². The van der Waals surface area contributed by atoms with E-state index in [0.29, 0.717) is 11.6 Å². The van der Waals surface area contributed by atoms with Gasteiger partial charge in [-0.2, -0.15) is 13.2 Å². The van der Waals surface area contributed by atoms with E-state index < -0.39 is 11.9 Å². The van der Waals surface area contributed by atoms with Crippen molar-refractivity contribution in [3.63, 3.8) is 0 Å². The number of alkyl halides is 3. The number of aliphatic hydroxyl groups is 1. The minimum atomic E-state index is -4.73. The first kappa shape index (κ1) is 13.2. The van der Waals surface area contributed by atoms with Crippen LogP contribution in [0.15, 0.2) is 28.9 Å². The Morgan fingerprint density at radius 2 is 2.17 bits per heavy atom. The fourth-order valence-corrected chi connectivity index (χ4v) is 2.77. The lowest BCUT2D eigenvalue weighted by molar-refractivity contribution is -0.119. The fourth-order valence-electron chi connectivity index (χ4n) is 1.31. The maximum Gasteiger partial charge on any atom is 0.448 e. The van der Waals surface area contributed by atoms with Gasteiger partial charge in [0.15, 0.2) is 0 Å². The van der Waals surface area contributed by atoms with Crippen LogP contribution in [0.1, 0.15) is 5.01 Å². The smallest absolute Gasteiger partial charge is 0.448 e. The Morgan fingerprint density at radius 3 is 2.78 bits per heavy atom. The minimum Gasteiger partial charge on any atom is -0.504 e. The number of aromatic nitrogens is 1. The molecule has 0 fully saturated rings. The van der Waals surface area contributed by atoms with Crippen LogP contribution in [-0.2, 0) is 0 Å². The minimum absolute atomic E-state index is 0.137. The first-order chi connectivity index (χ1) is 8.40. The molecule has 1 aromatic heterocycles. The summed E-state index contributed by atoms with van der Waals surface area (Å²) in [5, 5.41) is 9.00. The number of hydrogen-bond donors (Lipinski definition) is 1. The van der Waals surface area contributed by atoms with E-state index >= 15 is 0 Å². The van der Waals surface area contributed by atoms with Gasteiger partial charge in [0.25, 0.3) is 0 Å². The molecule has 0 atom stereocenters. The van der Waals surface area contributed by atoms with Crippen LogP contribution in [0.5, 0.6) is 0 Å². The second kappa shape index (κ2) is 4.81. The summed E-state index contributed by atoms with van der Waals surface area (Å²) in [4.78, 5) is 5.03. The van der Waals surface area contributed by atoms with Crippen LogP contribution in [-0.4, -0.2) is 22.5 Å². The van der Waals surface area contributed by atoms with Crippen molar-refractivity contribution in [3.05, 3.63) is 29.0 Å². The van der Waals surface area contributed by atoms with E-state index in [-0.39, 0.29) is 5.01 Å². The van der Waals surface area contributed by atoms with Crippen molar-refractivity contribution in [2.24, 2.45) is 0 Å². The molecule has 2 nitrogen and oxygen atoms in total. The van der Waals surface area contributed by atoms with E-state index in [1.165, 1.54) is 0 Å². The summed E-state index contributed by atoms with van der Waals surface area (Å²) in [6, 6.07) is 5.46. The zero-order valence-corrected chi connectivity index (χ0v) is 10.8. The third-order valence-corrected chi connectivity index (χ3v) is 3.85. The molecule has 1 aromatic carbocycles. The summed E-state index contributed by atoms with van der Waals surface area (Å²) < 4.78 is 37.3. The Kier molecular flexibility index (Phi) is 3.54. The van der Waals surface area contributed by atoms with Crippen molar-refractivity contribution in [1.82, 2.24) is 4.98 Å². The number of fused-ring (bicyclic) bond motifs is 1. The molecule has 2 rings (SSSR count). The van der Waals surface area contributed by atoms with Crippen molar-refractivity contribution in [1.29, 1.82) is 0 Å². The number of thiazole rings is 1. The summed E-state index contributed by atoms with van der Waals surface area (Å²) in [6.07, 6.45) is -2.18. The molecule has 18 heavy (non-hydrogen) atoms. The lowest BCUT2D eigenvalue weighted by Crippen LogP contribution is -2.10. The standard InChI is InChI=1S/C11H8F3NOS2/c1-17-6-2-3-7-8(4-6)18-10(15-7)5-9(16)11(12,13)14/h2-5,16H,1H3. The summed E-state index contributed by atoms with van der Waals surface area (Å²) in [5.41, 5.74) is 0.624. The molecule has 96 valence electrons. The zero-order valence-electron chi connectivity index (χ0n) is 9.15. The SMILES string of the molecule is CSc1ccc2nc(C=C(O)C(F)(F)F)sc2c1. The second-order valence-electron chi connectivity index (χ2n) is 3.41. The summed E-state index contributed by atoms with van der Waals surface area (Å²) >= 11 is 2.66. The Morgan fingerprint density at radius 1 is 1.44 bits per heavy atom. The molecule has 0 unspecified atom stereocenters. The number of thioether (sulfide) groups is 1. The van der Waals surface area contributed by atoms with Crippen LogP contribution in [0, 0.1) is 0 Å². The van der Waals surface area contributed by atoms with Gasteiger partial charge in [0.05, 0.1) is 10.2 Å². The van der Waals surface area contributed by atoms with Crippen molar-refractivity contribution < 1.29 is 18.3 Å². The van der Waals surface area contributed by atoms with E-state index in [4.69, 9.17) is 5.11 Å². The molecule has 0 aliphatic heterocycles. The largest absolute Gasteiger partial charge is 0.504 e. The van der Waals surface area contributed by atoms with Crippen LogP contribution in [0.2, 0.25) is 0 Å². The number of rotatable bonds is 2. The quantitative estimate of drug-likeness (QED) is 0.654. The summed E-state index contributed by atoms with van der Waals surface area (Å²) in [5.74, 6) is -1.63. The Balaban J connectivity index is 2.42. The van der Waals surface area contributed by atoms with Gasteiger partial charge >= 0.3 is 6.18 Å². The first-order valence-corrected chi connectivity index (χ1v) is 6.87. The van der Waals surface area contributed by atoms with E-state index in [1.54, 1.807) is 17.8 Å². The van der Waals surface area contributed by atoms with Crippen LogP contribution in [0.3, 0.4) is 0 Å². The second-order valence-corrected chi connectivity index (χ2v) is 5.35. The van der Waals surface area contributed by atoms with Gasteiger partial charge in [-0.25, -0.2) is 4.98 Å². The first-order valence-electron chi connectivity index (χ1n) is 4.82. The molecule has 0 saturated heterocycles. The molecule has 0 bridgehead atoms. The highest BCUT2D eigenvalue weighted by molar-refractivity contribution is 7.98. The molecule has 0 aliphatic carbocycles. The topological polar surface area (TPSA) is 33.1 Å². The zero-order chi connectivity index (χ0) is 13.3. The highest BCUT2D eigenvalue weighted by atomic mass is 32.2. The van der Waals surface area contributed by atoms with E-state index in [1.807, 2.05) is 18.4 Å². The lowest BCUT2D eigenvalue weighted by Gasteiger charge is -2.02. The molecule has 1 N–H and O–H groups in total. The van der Waals surface area contributed by atoms with Crippen molar-refractivity contribution in [3.8, 4) is 0 Å². The maximum absolute atomic E-state index is 12.2. The van der Waals surface area contributed by atoms with Gasteiger partial charge < -0.3 is 5.11 Å². The molecule has 0 saturated carbocycles. The maximum atomic E-state index is 12.2. The van der Waals surface area contributed by atoms with E-state index in [9.17, 15) is 13.2 Å². The molecule has 7 heteroatoms. The molecule has 0 spiro atoms. The molecular weight excluding hydrogens is 283 g/mol. The van der Waals surface area contributed by atoms with Gasteiger partial charge in [0.2, 0.25) is 5.76 Å². The number of benzene rings is 1. The highest BCUT2D eigenvalue weighted by Gasteiger charge is 2.33. The predicted octanol–water partition coefficient (Wildman–Crippen LogP) is 4.48. The van der Waals surface area contributed by atoms with E-state index in [2.05, 4.69) is 4.98 Å². The summed E-state index contributed by atoms with van der Waals surface area (Å²) in [7, 11) is 0. The van der Waals surface area contributed by atoms with Crippen LogP contribution in [0.4, 0.5) is 13.2 Å². The van der Waals surface area contributed by atoms with Crippen LogP contribution >= 0.6 is 23.1 Å². The number of aliphatic hydroxyl groups excluding tert-OH is 1. The van der Waals surface area contributed by atoms with Crippen LogP contribution in [0.25, 0.3) is 16.3 Å². The van der Waals surface area contributed by atoms with Gasteiger partial charge in [-0.3, -0.25) is 0 Å². The molecule has 2 aromatic rings. The van der Waals surface area contributed by atoms with Crippen molar-refractivity contribution in [2.75, 3.05) is 6.26 Å². The van der Waals surface area contributed by atoms with Gasteiger partial charge in [0, 0.05) is 11.0 Å². The van der Waals surface area contributed by atoms with Crippen molar-refractivity contribution >= 4 is 39.4 Å². The third kappa shape index (κ3) is 2.78. The molecule has 1 heterocycles. The normalized spacial score (nSPS) is 13.2. The van der Waals surface area contributed by atoms with Gasteiger partial charge in [-0.15, -0.1) is 23.1 Å². The summed E-state index contributed by atoms with van der Waals surface area (Å²) in [6.45, 7) is 0. The number of allylic oxidation sites excluding steroid dienone is 1. The molecule has 0 amide bonds. The van der Waals surface area contributed by atoms with Gasteiger partial charge in [0.1, 0.15) is 5.01 Å². The monoisotopic (exact) mass is 291 g/mol. The number of nitrogens with zero attached hydrogens (tertiary/aromatic N) is 1. The highest BCUT2D eigenvalue weighted by Crippen LogP contribution is 2.30. The van der Waals surface area contributed by atoms with Crippen molar-refractivity contribution in [2.45, 2.75) is 11.1 Å². The van der Waals surface area contributed by atoms with E-state index in [0.717, 1.165) is 20.9 Å². The average molecular weight is 291 g/mol. The van der Waals surface area contributed by atoms with Gasteiger partial charge in [-0.1, -0.05) is 0 Å².